The van der Waals surface area contributed by atoms with Crippen LogP contribution in [-0.2, 0) is 51.2 Å². The first-order valence-electron chi connectivity index (χ1n) is 22.0. The van der Waals surface area contributed by atoms with Crippen LogP contribution in [0.1, 0.15) is 27.0 Å². The summed E-state index contributed by atoms with van der Waals surface area (Å²) < 4.78 is 161. The number of nitriles is 2. The average molecular weight is 1210 g/mol. The molecule has 0 aliphatic heterocycles. The van der Waals surface area contributed by atoms with Gasteiger partial charge in [0, 0.05) is 51.1 Å². The normalized spacial score (nSPS) is 12.1. The predicted molar refractivity (Wildman–Crippen MR) is 289 cm³/mol. The lowest BCUT2D eigenvalue weighted by Gasteiger charge is -2.16. The number of hydrogen-bond acceptors (Lipinski definition) is 23. The van der Waals surface area contributed by atoms with Gasteiger partial charge in [-0.1, -0.05) is 35.6 Å². The molecule has 7 N–H and O–H groups in total. The Morgan fingerprint density at radius 1 is 0.642 bits per heavy atom. The van der Waals surface area contributed by atoms with Crippen molar-refractivity contribution < 1.29 is 70.0 Å². The summed E-state index contributed by atoms with van der Waals surface area (Å²) in [5.41, 5.74) is -1.76. The minimum absolute atomic E-state index is 0.0588. The molecule has 0 unspecified atom stereocenters. The third kappa shape index (κ3) is 12.8. The molecule has 0 fully saturated rings. The van der Waals surface area contributed by atoms with E-state index in [0.717, 1.165) is 30.3 Å². The Hall–Kier alpha value is -9.33. The fraction of sp³-hybridized carbons (Fsp3) is 0.0213. The maximum absolute atomic E-state index is 13.2. The van der Waals surface area contributed by atoms with E-state index >= 15 is 0 Å². The quantitative estimate of drug-likeness (QED) is 0.0138. The van der Waals surface area contributed by atoms with Gasteiger partial charge in [0.2, 0.25) is 0 Å². The number of rotatable bonds is 17. The third-order valence-corrected chi connectivity index (χ3v) is 16.6. The van der Waals surface area contributed by atoms with Gasteiger partial charge in [-0.25, -0.2) is 13.4 Å². The van der Waals surface area contributed by atoms with Crippen molar-refractivity contribution in [3.05, 3.63) is 154 Å². The first-order valence-corrected chi connectivity index (χ1v) is 29.7. The molecule has 2 aromatic heterocycles. The third-order valence-electron chi connectivity index (χ3n) is 11.3. The van der Waals surface area contributed by atoms with Crippen LogP contribution in [0, 0.1) is 39.7 Å². The molecule has 0 aliphatic carbocycles. The number of anilines is 5. The maximum atomic E-state index is 13.2. The number of nitrogens with one attached hydrogen (secondary N) is 3. The van der Waals surface area contributed by atoms with Gasteiger partial charge in [-0.05, 0) is 97.4 Å². The van der Waals surface area contributed by atoms with Crippen molar-refractivity contribution in [2.24, 2.45) is 20.5 Å². The monoisotopic (exact) mass is 1210 g/mol. The van der Waals surface area contributed by atoms with Crippen molar-refractivity contribution in [2.45, 2.75) is 31.4 Å². The molecule has 8 aromatic rings. The number of amides is 1. The highest BCUT2D eigenvalue weighted by Gasteiger charge is 2.27. The molecule has 1 amide bonds. The number of pyridine rings is 1. The Balaban J connectivity index is 1.30. The van der Waals surface area contributed by atoms with Crippen LogP contribution in [-0.4, -0.2) is 76.1 Å². The number of thiol groups is 1. The summed E-state index contributed by atoms with van der Waals surface area (Å²) in [5.74, 6) is -1.15. The molecule has 0 bridgehead atoms. The van der Waals surface area contributed by atoms with Crippen LogP contribution in [0.4, 0.5) is 55.8 Å². The minimum Gasteiger partial charge on any atom is -0.339 e. The van der Waals surface area contributed by atoms with Crippen molar-refractivity contribution in [2.75, 3.05) is 16.0 Å². The van der Waals surface area contributed by atoms with Crippen LogP contribution >= 0.6 is 11.3 Å². The van der Waals surface area contributed by atoms with E-state index < -0.39 is 104 Å². The van der Waals surface area contributed by atoms with Crippen LogP contribution < -0.4 is 16.0 Å². The highest BCUT2D eigenvalue weighted by atomic mass is 32.2. The molecule has 0 atom stereocenters. The number of hydrogen-bond donors (Lipinski definition) is 8. The van der Waals surface area contributed by atoms with Gasteiger partial charge in [-0.15, -0.1) is 20.5 Å². The number of nitro benzene ring substituents is 1. The second-order valence-electron chi connectivity index (χ2n) is 16.5. The number of carbonyl (C=O) groups is 1. The van der Waals surface area contributed by atoms with Crippen molar-refractivity contribution >= 4 is 135 Å². The molecule has 0 radical (unpaired) electrons. The summed E-state index contributed by atoms with van der Waals surface area (Å²) in [7, 11) is -23.1. The lowest BCUT2D eigenvalue weighted by molar-refractivity contribution is -0.384. The second kappa shape index (κ2) is 22.4. The van der Waals surface area contributed by atoms with Gasteiger partial charge < -0.3 is 16.0 Å². The summed E-state index contributed by atoms with van der Waals surface area (Å²) >= 11 is 0.615. The summed E-state index contributed by atoms with van der Waals surface area (Å²) in [5, 5.41) is 56.6. The van der Waals surface area contributed by atoms with Gasteiger partial charge in [0.05, 0.1) is 36.4 Å². The van der Waals surface area contributed by atoms with Crippen LogP contribution in [0.5, 0.6) is 0 Å². The first kappa shape index (κ1) is 57.8. The smallest absolute Gasteiger partial charge is 0.295 e. The van der Waals surface area contributed by atoms with E-state index in [1.54, 1.807) is 0 Å². The lowest BCUT2D eigenvalue weighted by atomic mass is 10.0. The highest BCUT2D eigenvalue weighted by molar-refractivity contribution is 7.87. The van der Waals surface area contributed by atoms with Crippen molar-refractivity contribution in [3.63, 3.8) is 0 Å². The van der Waals surface area contributed by atoms with E-state index in [9.17, 15) is 85.7 Å². The van der Waals surface area contributed by atoms with Crippen molar-refractivity contribution in [1.82, 2.24) is 4.98 Å². The summed E-state index contributed by atoms with van der Waals surface area (Å²) in [6.07, 6.45) is 0. The standard InChI is InChI=1S/C47H31N11O17S6/c1-24-36(22-48)43(50-26-10-14-31(15-11-26)78(64,65)66)53-44(51-27-12-16-32(17-13-27)79(67,68)69)42(24)55-56-46-37(23-49)41(25-6-8-28(9-7-25)52-45(59)33-4-2-3-5-38(33)77(62)63)47(76-46)57-54-29-18-34-35(39(19-29)80(70,71)72)20-30(58(60)61)21-40(34)81(73,74)75/h2-21,77H,1H3,(H,52,59)(H2,50,51,53)(H,64,65,66)(H,67,68,69)(H,70,71,72)(H,73,74,75)/b56-55?,57-54+. The number of benzene rings is 6. The molecule has 34 heteroatoms. The Kier molecular flexibility index (Phi) is 16.0. The minimum atomic E-state index is -5.36. The Bertz CT molecular complexity index is 4670. The number of thiophene rings is 1. The molecule has 412 valence electrons. The van der Waals surface area contributed by atoms with Gasteiger partial charge in [-0.2, -0.15) is 44.2 Å². The molecule has 0 saturated carbocycles. The molecule has 0 aliphatic rings. The molecule has 6 aromatic carbocycles. The lowest BCUT2D eigenvalue weighted by Crippen LogP contribution is -2.13. The summed E-state index contributed by atoms with van der Waals surface area (Å²) in [6, 6.07) is 26.7. The van der Waals surface area contributed by atoms with Gasteiger partial charge in [0.1, 0.15) is 38.2 Å². The fourth-order valence-electron chi connectivity index (χ4n) is 7.64. The predicted octanol–water partition coefficient (Wildman–Crippen LogP) is 9.45. The van der Waals surface area contributed by atoms with E-state index in [1.165, 1.54) is 79.7 Å². The molecule has 28 nitrogen and oxygen atoms in total. The zero-order valence-electron chi connectivity index (χ0n) is 40.2. The number of aromatic nitrogens is 1. The topological polar surface area (TPSA) is 458 Å². The number of non-ortho nitro benzene ring substituents is 1. The summed E-state index contributed by atoms with van der Waals surface area (Å²) in [4.78, 5) is 25.0. The van der Waals surface area contributed by atoms with Crippen LogP contribution in [0.25, 0.3) is 21.9 Å². The highest BCUT2D eigenvalue weighted by Crippen LogP contribution is 2.49. The SMILES string of the molecule is Cc1c(C#N)c(Nc2ccc(S(=O)(=O)O)cc2)nc(Nc2ccc(S(=O)(=O)O)cc2)c1N=Nc1sc(/N=N/c2cc(S(=O)(=O)O)c3cc([N+](=O)[O-])cc(S(=O)(=O)O)c3c2)c(-c2ccc(NC(=O)c3ccccc3[SH](=O)=O)cc2)c1C#N. The maximum Gasteiger partial charge on any atom is 0.295 e. The van der Waals surface area contributed by atoms with Gasteiger partial charge >= 0.3 is 0 Å². The molecule has 81 heavy (non-hydrogen) atoms. The van der Waals surface area contributed by atoms with E-state index in [1.807, 2.05) is 12.1 Å². The summed E-state index contributed by atoms with van der Waals surface area (Å²) in [6.45, 7) is 1.42. The zero-order valence-corrected chi connectivity index (χ0v) is 45.2. The first-order chi connectivity index (χ1) is 38.0. The number of nitro groups is 1. The van der Waals surface area contributed by atoms with E-state index in [4.69, 9.17) is 0 Å². The zero-order chi connectivity index (χ0) is 58.9. The van der Waals surface area contributed by atoms with E-state index in [0.29, 0.717) is 29.5 Å². The van der Waals surface area contributed by atoms with Crippen molar-refractivity contribution in [3.8, 4) is 23.3 Å². The van der Waals surface area contributed by atoms with Gasteiger partial charge in [-0.3, -0.25) is 33.1 Å². The second-order valence-corrected chi connectivity index (χ2v) is 24.1. The van der Waals surface area contributed by atoms with Crippen LogP contribution in [0.2, 0.25) is 0 Å². The molecule has 0 saturated heterocycles. The van der Waals surface area contributed by atoms with Crippen LogP contribution in [0.3, 0.4) is 0 Å². The molecule has 8 rings (SSSR count). The van der Waals surface area contributed by atoms with Gasteiger partial charge in [0.15, 0.2) is 27.3 Å². The molecule has 2 heterocycles. The molecular formula is C47H31N11O17S6. The number of carbonyl (C=O) groups excluding carboxylic acids is 1. The van der Waals surface area contributed by atoms with E-state index in [2.05, 4.69) is 41.4 Å². The number of azo groups is 2. The molecular weight excluding hydrogens is 1180 g/mol. The number of nitrogens with zero attached hydrogens (tertiary/aromatic N) is 8. The van der Waals surface area contributed by atoms with Gasteiger partial charge in [0.25, 0.3) is 52.1 Å². The Morgan fingerprint density at radius 2 is 1.16 bits per heavy atom. The Labute approximate surface area is 462 Å². The Morgan fingerprint density at radius 3 is 1.69 bits per heavy atom. The van der Waals surface area contributed by atoms with Crippen molar-refractivity contribution in [1.29, 1.82) is 10.5 Å². The van der Waals surface area contributed by atoms with Crippen LogP contribution in [0.15, 0.2) is 166 Å². The average Bonchev–Trinajstić information content (AvgIpc) is 3.78. The fourth-order valence-corrected chi connectivity index (χ4v) is 11.5. The number of fused-ring (bicyclic) bond motifs is 1. The molecule has 0 spiro atoms. The van der Waals surface area contributed by atoms with E-state index in [-0.39, 0.29) is 82.7 Å². The largest absolute Gasteiger partial charge is 0.339 e.